The molecule has 5 nitrogen and oxygen atoms in total. The molecule has 1 aliphatic heterocycles. The van der Waals surface area contributed by atoms with Crippen molar-refractivity contribution >= 4 is 6.09 Å². The molecule has 0 unspecified atom stereocenters. The van der Waals surface area contributed by atoms with Crippen LogP contribution < -0.4 is 0 Å². The third-order valence-electron chi connectivity index (χ3n) is 3.39. The summed E-state index contributed by atoms with van der Waals surface area (Å²) >= 11 is 0. The molecule has 0 aromatic heterocycles. The fraction of sp³-hybridized carbons (Fsp3) is 0.562. The minimum absolute atomic E-state index is 0.0239. The first-order valence-corrected chi connectivity index (χ1v) is 7.41. The number of carbonyl (C=O) groups is 1. The van der Waals surface area contributed by atoms with Gasteiger partial charge in [0.2, 0.25) is 0 Å². The normalized spacial score (nSPS) is 19.5. The number of hydrogen-bond acceptors (Lipinski definition) is 4. The molecule has 0 radical (unpaired) electrons. The Bertz CT molecular complexity index is 437. The van der Waals surface area contributed by atoms with Crippen LogP contribution in [0.4, 0.5) is 4.79 Å². The van der Waals surface area contributed by atoms with Crippen LogP contribution in [0.1, 0.15) is 25.8 Å². The summed E-state index contributed by atoms with van der Waals surface area (Å²) in [5.74, 6) is 0. The second-order valence-electron chi connectivity index (χ2n) is 5.06. The van der Waals surface area contributed by atoms with Crippen LogP contribution in [-0.4, -0.2) is 43.1 Å². The van der Waals surface area contributed by atoms with Crippen LogP contribution in [0, 0.1) is 0 Å². The van der Waals surface area contributed by atoms with Crippen LogP contribution in [0.15, 0.2) is 30.3 Å². The topological polar surface area (TPSA) is 48.0 Å². The van der Waals surface area contributed by atoms with Gasteiger partial charge in [-0.2, -0.15) is 0 Å². The number of ether oxygens (including phenoxy) is 3. The van der Waals surface area contributed by atoms with E-state index in [9.17, 15) is 4.79 Å². The van der Waals surface area contributed by atoms with E-state index in [1.54, 1.807) is 4.90 Å². The Balaban J connectivity index is 1.72. The molecule has 0 aliphatic carbocycles. The molecular formula is C16H23NO4. The highest BCUT2D eigenvalue weighted by molar-refractivity contribution is 5.68. The number of rotatable bonds is 6. The number of hydrogen-bond donors (Lipinski definition) is 0. The molecule has 2 atom stereocenters. The third-order valence-corrected chi connectivity index (χ3v) is 3.39. The summed E-state index contributed by atoms with van der Waals surface area (Å²) in [6.07, 6.45) is 0.322. The number of nitrogens with zero attached hydrogens (tertiary/aromatic N) is 1. The minimum atomic E-state index is -0.283. The fourth-order valence-corrected chi connectivity index (χ4v) is 2.36. The summed E-state index contributed by atoms with van der Waals surface area (Å²) in [5, 5.41) is 0. The van der Waals surface area contributed by atoms with Gasteiger partial charge >= 0.3 is 6.09 Å². The molecule has 0 bridgehead atoms. The lowest BCUT2D eigenvalue weighted by atomic mass is 10.2. The third kappa shape index (κ3) is 5.02. The van der Waals surface area contributed by atoms with E-state index in [4.69, 9.17) is 14.2 Å². The first-order chi connectivity index (χ1) is 10.2. The standard InChI is InChI=1S/C16H23NO4/c1-3-19-13(2)21-15-9-10-17(11-15)16(18)20-12-14-7-5-4-6-8-14/h4-8,13,15H,3,9-12H2,1-2H3/t13-,15-/m1/s1. The zero-order valence-electron chi connectivity index (χ0n) is 12.7. The monoisotopic (exact) mass is 293 g/mol. The molecule has 116 valence electrons. The van der Waals surface area contributed by atoms with E-state index >= 15 is 0 Å². The first-order valence-electron chi connectivity index (χ1n) is 7.41. The summed E-state index contributed by atoms with van der Waals surface area (Å²) in [5.41, 5.74) is 0.989. The van der Waals surface area contributed by atoms with E-state index in [0.29, 0.717) is 26.3 Å². The van der Waals surface area contributed by atoms with Gasteiger partial charge in [0.1, 0.15) is 6.61 Å². The quantitative estimate of drug-likeness (QED) is 0.757. The highest BCUT2D eigenvalue weighted by Crippen LogP contribution is 2.16. The SMILES string of the molecule is CCO[C@@H](C)O[C@@H]1CCN(C(=O)OCc2ccccc2)C1. The van der Waals surface area contributed by atoms with Gasteiger partial charge in [0, 0.05) is 13.2 Å². The van der Waals surface area contributed by atoms with Crippen molar-refractivity contribution in [2.75, 3.05) is 19.7 Å². The fourth-order valence-electron chi connectivity index (χ4n) is 2.36. The van der Waals surface area contributed by atoms with Crippen molar-refractivity contribution in [2.24, 2.45) is 0 Å². The maximum Gasteiger partial charge on any atom is 0.410 e. The maximum absolute atomic E-state index is 12.0. The van der Waals surface area contributed by atoms with Gasteiger partial charge in [0.25, 0.3) is 0 Å². The molecule has 2 rings (SSSR count). The Morgan fingerprint density at radius 2 is 2.14 bits per heavy atom. The summed E-state index contributed by atoms with van der Waals surface area (Å²) in [6, 6.07) is 9.67. The van der Waals surface area contributed by atoms with E-state index in [2.05, 4.69) is 0 Å². The van der Waals surface area contributed by atoms with E-state index in [-0.39, 0.29) is 18.5 Å². The Kier molecular flexibility index (Phi) is 6.02. The van der Waals surface area contributed by atoms with Gasteiger partial charge in [-0.15, -0.1) is 0 Å². The average molecular weight is 293 g/mol. The van der Waals surface area contributed by atoms with Crippen molar-refractivity contribution in [1.82, 2.24) is 4.90 Å². The van der Waals surface area contributed by atoms with E-state index in [1.165, 1.54) is 0 Å². The highest BCUT2D eigenvalue weighted by Gasteiger charge is 2.29. The second-order valence-corrected chi connectivity index (χ2v) is 5.06. The van der Waals surface area contributed by atoms with Crippen LogP contribution in [0.3, 0.4) is 0 Å². The molecule has 1 heterocycles. The summed E-state index contributed by atoms with van der Waals surface area (Å²) in [6.45, 7) is 5.96. The smallest absolute Gasteiger partial charge is 0.410 e. The van der Waals surface area contributed by atoms with Crippen molar-refractivity contribution in [3.05, 3.63) is 35.9 Å². The summed E-state index contributed by atoms with van der Waals surface area (Å²) < 4.78 is 16.4. The Morgan fingerprint density at radius 3 is 2.86 bits per heavy atom. The number of benzene rings is 1. The van der Waals surface area contributed by atoms with Gasteiger partial charge in [-0.3, -0.25) is 0 Å². The average Bonchev–Trinajstić information content (AvgIpc) is 2.94. The van der Waals surface area contributed by atoms with Gasteiger partial charge < -0.3 is 19.1 Å². The summed E-state index contributed by atoms with van der Waals surface area (Å²) in [4.78, 5) is 13.7. The minimum Gasteiger partial charge on any atom is -0.445 e. The lowest BCUT2D eigenvalue weighted by Crippen LogP contribution is -2.31. The molecule has 0 N–H and O–H groups in total. The molecule has 5 heteroatoms. The van der Waals surface area contributed by atoms with Gasteiger partial charge in [-0.1, -0.05) is 30.3 Å². The van der Waals surface area contributed by atoms with E-state index in [1.807, 2.05) is 44.2 Å². The van der Waals surface area contributed by atoms with Crippen molar-refractivity contribution < 1.29 is 19.0 Å². The van der Waals surface area contributed by atoms with Crippen LogP contribution in [-0.2, 0) is 20.8 Å². The van der Waals surface area contributed by atoms with Crippen LogP contribution in [0.2, 0.25) is 0 Å². The highest BCUT2D eigenvalue weighted by atomic mass is 16.7. The molecule has 0 spiro atoms. The Labute approximate surface area is 125 Å². The van der Waals surface area contributed by atoms with Gasteiger partial charge in [0.05, 0.1) is 12.6 Å². The molecule has 0 saturated carbocycles. The molecule has 1 fully saturated rings. The molecule has 1 aromatic rings. The predicted octanol–water partition coefficient (Wildman–Crippen LogP) is 2.80. The zero-order valence-corrected chi connectivity index (χ0v) is 12.7. The predicted molar refractivity (Wildman–Crippen MR) is 78.8 cm³/mol. The Hall–Kier alpha value is -1.59. The van der Waals surface area contributed by atoms with Crippen molar-refractivity contribution in [2.45, 2.75) is 39.3 Å². The molecule has 1 saturated heterocycles. The second kappa shape index (κ2) is 8.00. The maximum atomic E-state index is 12.0. The largest absolute Gasteiger partial charge is 0.445 e. The van der Waals surface area contributed by atoms with Gasteiger partial charge in [0.15, 0.2) is 6.29 Å². The number of amides is 1. The van der Waals surface area contributed by atoms with Crippen LogP contribution in [0.5, 0.6) is 0 Å². The summed E-state index contributed by atoms with van der Waals surface area (Å²) in [7, 11) is 0. The Morgan fingerprint density at radius 1 is 1.38 bits per heavy atom. The lowest BCUT2D eigenvalue weighted by molar-refractivity contribution is -0.153. The number of likely N-dealkylation sites (tertiary alicyclic amines) is 1. The molecule has 1 aliphatic rings. The lowest BCUT2D eigenvalue weighted by Gasteiger charge is -2.19. The van der Waals surface area contributed by atoms with Crippen molar-refractivity contribution in [3.63, 3.8) is 0 Å². The van der Waals surface area contributed by atoms with Crippen LogP contribution in [0.25, 0.3) is 0 Å². The van der Waals surface area contributed by atoms with Gasteiger partial charge in [-0.05, 0) is 25.8 Å². The molecular weight excluding hydrogens is 270 g/mol. The zero-order chi connectivity index (χ0) is 15.1. The van der Waals surface area contributed by atoms with Crippen LogP contribution >= 0.6 is 0 Å². The van der Waals surface area contributed by atoms with Crippen molar-refractivity contribution in [1.29, 1.82) is 0 Å². The van der Waals surface area contributed by atoms with Gasteiger partial charge in [-0.25, -0.2) is 4.79 Å². The van der Waals surface area contributed by atoms with E-state index in [0.717, 1.165) is 12.0 Å². The van der Waals surface area contributed by atoms with Crippen molar-refractivity contribution in [3.8, 4) is 0 Å². The number of carbonyl (C=O) groups excluding carboxylic acids is 1. The van der Waals surface area contributed by atoms with E-state index < -0.39 is 0 Å². The molecule has 1 aromatic carbocycles. The first kappa shape index (κ1) is 15.8. The molecule has 21 heavy (non-hydrogen) atoms. The molecule has 1 amide bonds.